The summed E-state index contributed by atoms with van der Waals surface area (Å²) in [6.45, 7) is -0.122. The summed E-state index contributed by atoms with van der Waals surface area (Å²) < 4.78 is 48.0. The van der Waals surface area contributed by atoms with Gasteiger partial charge >= 0.3 is 6.18 Å². The average molecular weight is 345 g/mol. The van der Waals surface area contributed by atoms with E-state index in [1.54, 1.807) is 24.3 Å². The van der Waals surface area contributed by atoms with E-state index in [1.807, 2.05) is 0 Å². The molecule has 0 N–H and O–H groups in total. The molecule has 0 fully saturated rings. The molecule has 2 rings (SSSR count). The van der Waals surface area contributed by atoms with Crippen molar-refractivity contribution in [1.29, 1.82) is 0 Å². The van der Waals surface area contributed by atoms with E-state index in [9.17, 15) is 18.0 Å². The van der Waals surface area contributed by atoms with Crippen LogP contribution in [-0.2, 0) is 11.0 Å². The molecule has 0 saturated heterocycles. The van der Waals surface area contributed by atoms with Crippen molar-refractivity contribution in [2.45, 2.75) is 6.18 Å². The molecule has 0 aliphatic rings. The molecule has 0 aromatic heterocycles. The van der Waals surface area contributed by atoms with Crippen LogP contribution < -0.4 is 9.47 Å². The molecule has 0 aliphatic carbocycles. The summed E-state index contributed by atoms with van der Waals surface area (Å²) in [6, 6.07) is 10.7. The zero-order chi connectivity index (χ0) is 16.9. The molecule has 2 aromatic carbocycles. The third-order valence-corrected chi connectivity index (χ3v) is 3.09. The van der Waals surface area contributed by atoms with Gasteiger partial charge in [0.25, 0.3) is 0 Å². The summed E-state index contributed by atoms with van der Waals surface area (Å²) in [7, 11) is 0. The maximum atomic E-state index is 12.5. The first-order valence-corrected chi connectivity index (χ1v) is 7.07. The molecule has 0 unspecified atom stereocenters. The quantitative estimate of drug-likeness (QED) is 0.713. The van der Waals surface area contributed by atoms with Crippen molar-refractivity contribution in [3.05, 3.63) is 54.1 Å². The van der Waals surface area contributed by atoms with Crippen molar-refractivity contribution in [2.24, 2.45) is 0 Å². The van der Waals surface area contributed by atoms with Gasteiger partial charge in [-0.3, -0.25) is 4.79 Å². The number of carbonyl (C=O) groups excluding carboxylic acids is 1. The van der Waals surface area contributed by atoms with Gasteiger partial charge in [0.1, 0.15) is 23.9 Å². The van der Waals surface area contributed by atoms with Crippen molar-refractivity contribution in [3.8, 4) is 17.2 Å². The summed E-state index contributed by atoms with van der Waals surface area (Å²) in [4.78, 5) is 11.0. The minimum atomic E-state index is -4.38. The normalized spacial score (nSPS) is 11.1. The van der Waals surface area contributed by atoms with Crippen LogP contribution in [0.15, 0.2) is 48.5 Å². The van der Waals surface area contributed by atoms with Crippen LogP contribution in [0.2, 0.25) is 0 Å². The highest BCUT2D eigenvalue weighted by Crippen LogP contribution is 2.31. The molecule has 0 bridgehead atoms. The number of benzene rings is 2. The Kier molecular flexibility index (Phi) is 5.50. The lowest BCUT2D eigenvalue weighted by Crippen LogP contribution is -2.11. The fourth-order valence-corrected chi connectivity index (χ4v) is 1.73. The van der Waals surface area contributed by atoms with Gasteiger partial charge in [-0.1, -0.05) is 0 Å². The highest BCUT2D eigenvalue weighted by Gasteiger charge is 2.30. The number of ether oxygens (including phenoxy) is 2. The lowest BCUT2D eigenvalue weighted by Gasteiger charge is -2.09. The van der Waals surface area contributed by atoms with Crippen molar-refractivity contribution >= 4 is 17.4 Å². The van der Waals surface area contributed by atoms with E-state index in [-0.39, 0.29) is 24.0 Å². The molecule has 122 valence electrons. The number of hydrogen-bond donors (Lipinski definition) is 0. The van der Waals surface area contributed by atoms with Crippen LogP contribution in [-0.4, -0.2) is 18.3 Å². The molecular weight excluding hydrogens is 333 g/mol. The largest absolute Gasteiger partial charge is 0.486 e. The molecule has 2 aromatic rings. The first-order chi connectivity index (χ1) is 10.9. The van der Waals surface area contributed by atoms with E-state index in [0.717, 1.165) is 12.1 Å². The Morgan fingerprint density at radius 2 is 1.39 bits per heavy atom. The van der Waals surface area contributed by atoms with E-state index in [4.69, 9.17) is 21.1 Å². The molecular formula is C16H12ClF3O3. The van der Waals surface area contributed by atoms with E-state index in [1.165, 1.54) is 12.1 Å². The van der Waals surface area contributed by atoms with Gasteiger partial charge in [0.2, 0.25) is 0 Å². The summed E-state index contributed by atoms with van der Waals surface area (Å²) in [6.07, 6.45) is -4.38. The maximum Gasteiger partial charge on any atom is 0.416 e. The first-order valence-electron chi connectivity index (χ1n) is 6.54. The lowest BCUT2D eigenvalue weighted by atomic mass is 10.2. The van der Waals surface area contributed by atoms with Crippen LogP contribution in [0.5, 0.6) is 17.2 Å². The number of rotatable bonds is 6. The maximum absolute atomic E-state index is 12.5. The fraction of sp³-hybridized carbons (Fsp3) is 0.188. The van der Waals surface area contributed by atoms with Crippen LogP contribution in [0.4, 0.5) is 13.2 Å². The van der Waals surface area contributed by atoms with Gasteiger partial charge in [0.05, 0.1) is 11.4 Å². The van der Waals surface area contributed by atoms with E-state index in [2.05, 4.69) is 0 Å². The summed E-state index contributed by atoms with van der Waals surface area (Å²) in [5.41, 5.74) is -0.738. The number of Topliss-reactive ketones (excluding diaryl/α,β-unsaturated/α-hetero) is 1. The van der Waals surface area contributed by atoms with Crippen LogP contribution in [0, 0.1) is 0 Å². The predicted molar refractivity (Wildman–Crippen MR) is 79.2 cm³/mol. The van der Waals surface area contributed by atoms with E-state index < -0.39 is 11.7 Å². The number of carbonyl (C=O) groups is 1. The van der Waals surface area contributed by atoms with Crippen LogP contribution in [0.3, 0.4) is 0 Å². The van der Waals surface area contributed by atoms with Gasteiger partial charge in [0, 0.05) is 0 Å². The van der Waals surface area contributed by atoms with Crippen LogP contribution in [0.25, 0.3) is 0 Å². The highest BCUT2D eigenvalue weighted by atomic mass is 35.5. The Bertz CT molecular complexity index is 652. The predicted octanol–water partition coefficient (Wildman–Crippen LogP) is 4.68. The summed E-state index contributed by atoms with van der Waals surface area (Å²) >= 11 is 5.35. The van der Waals surface area contributed by atoms with Crippen molar-refractivity contribution in [3.63, 3.8) is 0 Å². The molecule has 0 aliphatic heterocycles. The number of ketones is 1. The fourth-order valence-electron chi connectivity index (χ4n) is 1.65. The monoisotopic (exact) mass is 344 g/mol. The minimum Gasteiger partial charge on any atom is -0.486 e. The number of alkyl halides is 4. The van der Waals surface area contributed by atoms with Crippen molar-refractivity contribution < 1.29 is 27.4 Å². The van der Waals surface area contributed by atoms with Gasteiger partial charge in [-0.25, -0.2) is 0 Å². The third kappa shape index (κ3) is 5.17. The van der Waals surface area contributed by atoms with Gasteiger partial charge < -0.3 is 9.47 Å². The zero-order valence-corrected chi connectivity index (χ0v) is 12.5. The topological polar surface area (TPSA) is 35.5 Å². The second-order valence-corrected chi connectivity index (χ2v) is 4.82. The third-order valence-electron chi connectivity index (χ3n) is 2.79. The molecule has 3 nitrogen and oxygen atoms in total. The van der Waals surface area contributed by atoms with Gasteiger partial charge in [0.15, 0.2) is 5.78 Å². The molecule has 7 heteroatoms. The van der Waals surface area contributed by atoms with E-state index in [0.29, 0.717) is 11.5 Å². The summed E-state index contributed by atoms with van der Waals surface area (Å²) in [5, 5.41) is 0. The Morgan fingerprint density at radius 1 is 0.913 bits per heavy atom. The first kappa shape index (κ1) is 17.1. The number of hydrogen-bond acceptors (Lipinski definition) is 3. The SMILES string of the molecule is O=C(CCl)COc1ccc(Oc2ccc(C(F)(F)F)cc2)cc1. The highest BCUT2D eigenvalue weighted by molar-refractivity contribution is 6.27. The Balaban J connectivity index is 1.96. The second-order valence-electron chi connectivity index (χ2n) is 4.56. The smallest absolute Gasteiger partial charge is 0.416 e. The Hall–Kier alpha value is -2.21. The Morgan fingerprint density at radius 3 is 1.87 bits per heavy atom. The molecule has 0 atom stereocenters. The molecule has 0 radical (unpaired) electrons. The van der Waals surface area contributed by atoms with Crippen LogP contribution >= 0.6 is 11.6 Å². The van der Waals surface area contributed by atoms with E-state index >= 15 is 0 Å². The van der Waals surface area contributed by atoms with Gasteiger partial charge in [-0.05, 0) is 48.5 Å². The average Bonchev–Trinajstić information content (AvgIpc) is 2.53. The molecule has 23 heavy (non-hydrogen) atoms. The van der Waals surface area contributed by atoms with Gasteiger partial charge in [-0.2, -0.15) is 13.2 Å². The molecule has 0 heterocycles. The minimum absolute atomic E-state index is 0.116. The number of halogens is 4. The van der Waals surface area contributed by atoms with Crippen LogP contribution in [0.1, 0.15) is 5.56 Å². The summed E-state index contributed by atoms with van der Waals surface area (Å²) in [5.74, 6) is 0.819. The zero-order valence-electron chi connectivity index (χ0n) is 11.8. The van der Waals surface area contributed by atoms with Gasteiger partial charge in [-0.15, -0.1) is 11.6 Å². The van der Waals surface area contributed by atoms with Crippen molar-refractivity contribution in [1.82, 2.24) is 0 Å². The molecule has 0 saturated carbocycles. The second kappa shape index (κ2) is 7.37. The Labute approximate surface area is 135 Å². The molecule has 0 spiro atoms. The lowest BCUT2D eigenvalue weighted by molar-refractivity contribution is -0.137. The molecule has 0 amide bonds. The standard InChI is InChI=1S/C16H12ClF3O3/c17-9-12(21)10-22-13-5-7-15(8-6-13)23-14-3-1-11(2-4-14)16(18,19)20/h1-8H,9-10H2. The van der Waals surface area contributed by atoms with Crippen molar-refractivity contribution in [2.75, 3.05) is 12.5 Å².